The summed E-state index contributed by atoms with van der Waals surface area (Å²) in [5.41, 5.74) is 3.68. The van der Waals surface area contributed by atoms with Crippen molar-refractivity contribution in [2.45, 2.75) is 33.1 Å². The van der Waals surface area contributed by atoms with E-state index in [1.807, 2.05) is 25.1 Å². The molecule has 0 spiro atoms. The van der Waals surface area contributed by atoms with Crippen LogP contribution in [-0.4, -0.2) is 10.8 Å². The van der Waals surface area contributed by atoms with Crippen molar-refractivity contribution in [3.8, 4) is 11.3 Å². The Morgan fingerprint density at radius 1 is 1.14 bits per heavy atom. The van der Waals surface area contributed by atoms with Crippen molar-refractivity contribution in [1.29, 1.82) is 0 Å². The Balaban J connectivity index is 1.64. The fourth-order valence-corrected chi connectivity index (χ4v) is 3.08. The Morgan fingerprint density at radius 2 is 1.93 bits per heavy atom. The Bertz CT molecular complexity index is 1010. The molecule has 6 nitrogen and oxygen atoms in total. The van der Waals surface area contributed by atoms with E-state index >= 15 is 0 Å². The predicted octanol–water partition coefficient (Wildman–Crippen LogP) is 5.30. The van der Waals surface area contributed by atoms with E-state index in [0.29, 0.717) is 29.9 Å². The zero-order chi connectivity index (χ0) is 20.1. The molecule has 144 valence electrons. The molecular weight excluding hydrogens is 356 g/mol. The van der Waals surface area contributed by atoms with Crippen molar-refractivity contribution in [3.05, 3.63) is 81.6 Å². The highest BCUT2D eigenvalue weighted by molar-refractivity contribution is 5.92. The van der Waals surface area contributed by atoms with Gasteiger partial charge < -0.3 is 9.73 Å². The number of nitro groups is 1. The van der Waals surface area contributed by atoms with Gasteiger partial charge >= 0.3 is 0 Å². The molecule has 0 aliphatic rings. The number of nitrogens with zero attached hydrogens (tertiary/aromatic N) is 1. The monoisotopic (exact) mass is 378 g/mol. The second-order valence-electron chi connectivity index (χ2n) is 6.58. The molecule has 0 radical (unpaired) electrons. The van der Waals surface area contributed by atoms with Gasteiger partial charge in [0, 0.05) is 36.2 Å². The minimum atomic E-state index is -0.437. The normalized spacial score (nSPS) is 10.6. The van der Waals surface area contributed by atoms with Crippen molar-refractivity contribution < 1.29 is 14.1 Å². The van der Waals surface area contributed by atoms with Crippen LogP contribution in [-0.2, 0) is 17.6 Å². The number of non-ortho nitro benzene ring substituents is 1. The standard InChI is InChI=1S/C22H22N2O4/c1-3-16-7-4-6-15(2)22(16)23-21(25)13-11-19-10-12-20(28-19)17-8-5-9-18(14-17)24(26)27/h4-10,12,14H,3,11,13H2,1-2H3,(H,23,25). The summed E-state index contributed by atoms with van der Waals surface area (Å²) in [5.74, 6) is 1.14. The van der Waals surface area contributed by atoms with E-state index in [-0.39, 0.29) is 11.6 Å². The molecular formula is C22H22N2O4. The number of furan rings is 1. The number of aryl methyl sites for hydroxylation is 3. The van der Waals surface area contributed by atoms with E-state index in [1.165, 1.54) is 12.1 Å². The molecule has 0 unspecified atom stereocenters. The molecule has 0 fully saturated rings. The van der Waals surface area contributed by atoms with Gasteiger partial charge in [-0.2, -0.15) is 0 Å². The number of hydrogen-bond donors (Lipinski definition) is 1. The Morgan fingerprint density at radius 3 is 2.68 bits per heavy atom. The number of nitrogens with one attached hydrogen (secondary N) is 1. The van der Waals surface area contributed by atoms with Crippen LogP contribution in [0.5, 0.6) is 0 Å². The molecule has 0 saturated heterocycles. The molecule has 1 aromatic heterocycles. The average molecular weight is 378 g/mol. The molecule has 0 saturated carbocycles. The van der Waals surface area contributed by atoms with Crippen molar-refractivity contribution in [2.24, 2.45) is 0 Å². The lowest BCUT2D eigenvalue weighted by Crippen LogP contribution is -2.14. The van der Waals surface area contributed by atoms with E-state index in [0.717, 1.165) is 23.2 Å². The Hall–Kier alpha value is -3.41. The lowest BCUT2D eigenvalue weighted by atomic mass is 10.1. The predicted molar refractivity (Wildman–Crippen MR) is 108 cm³/mol. The zero-order valence-corrected chi connectivity index (χ0v) is 15.9. The third-order valence-electron chi connectivity index (χ3n) is 4.61. The van der Waals surface area contributed by atoms with E-state index in [9.17, 15) is 14.9 Å². The summed E-state index contributed by atoms with van der Waals surface area (Å²) in [6, 6.07) is 15.8. The highest BCUT2D eigenvalue weighted by Crippen LogP contribution is 2.26. The topological polar surface area (TPSA) is 85.4 Å². The highest BCUT2D eigenvalue weighted by atomic mass is 16.6. The van der Waals surface area contributed by atoms with Crippen LogP contribution in [0.25, 0.3) is 11.3 Å². The first-order valence-corrected chi connectivity index (χ1v) is 9.19. The number of carbonyl (C=O) groups excluding carboxylic acids is 1. The molecule has 0 atom stereocenters. The van der Waals surface area contributed by atoms with Gasteiger partial charge in [-0.1, -0.05) is 37.3 Å². The lowest BCUT2D eigenvalue weighted by Gasteiger charge is -2.12. The van der Waals surface area contributed by atoms with Crippen molar-refractivity contribution in [2.75, 3.05) is 5.32 Å². The molecule has 6 heteroatoms. The summed E-state index contributed by atoms with van der Waals surface area (Å²) in [7, 11) is 0. The van der Waals surface area contributed by atoms with Crippen LogP contribution in [0.3, 0.4) is 0 Å². The highest BCUT2D eigenvalue weighted by Gasteiger charge is 2.12. The van der Waals surface area contributed by atoms with Gasteiger partial charge in [0.2, 0.25) is 5.91 Å². The second kappa shape index (κ2) is 8.52. The van der Waals surface area contributed by atoms with E-state index in [4.69, 9.17) is 4.42 Å². The number of hydrogen-bond acceptors (Lipinski definition) is 4. The summed E-state index contributed by atoms with van der Waals surface area (Å²) in [5, 5.41) is 13.9. The van der Waals surface area contributed by atoms with Crippen LogP contribution in [0, 0.1) is 17.0 Å². The van der Waals surface area contributed by atoms with Crippen molar-refractivity contribution in [3.63, 3.8) is 0 Å². The van der Waals surface area contributed by atoms with Crippen molar-refractivity contribution in [1.82, 2.24) is 0 Å². The SMILES string of the molecule is CCc1cccc(C)c1NC(=O)CCc1ccc(-c2cccc([N+](=O)[O-])c2)o1. The first-order chi connectivity index (χ1) is 13.5. The van der Waals surface area contributed by atoms with Gasteiger partial charge in [0.05, 0.1) is 4.92 Å². The Labute approximate surface area is 163 Å². The molecule has 0 bridgehead atoms. The minimum Gasteiger partial charge on any atom is -0.461 e. The van der Waals surface area contributed by atoms with E-state index < -0.39 is 4.92 Å². The van der Waals surface area contributed by atoms with Gasteiger partial charge in [-0.05, 0) is 36.6 Å². The number of rotatable bonds is 7. The second-order valence-corrected chi connectivity index (χ2v) is 6.58. The molecule has 1 amide bonds. The molecule has 28 heavy (non-hydrogen) atoms. The van der Waals surface area contributed by atoms with E-state index in [1.54, 1.807) is 24.3 Å². The maximum absolute atomic E-state index is 12.4. The first-order valence-electron chi connectivity index (χ1n) is 9.19. The molecule has 0 aliphatic heterocycles. The van der Waals surface area contributed by atoms with Crippen LogP contribution in [0.2, 0.25) is 0 Å². The molecule has 0 aliphatic carbocycles. The van der Waals surface area contributed by atoms with Gasteiger partial charge in [-0.3, -0.25) is 14.9 Å². The maximum Gasteiger partial charge on any atom is 0.270 e. The van der Waals surface area contributed by atoms with Gasteiger partial charge in [0.15, 0.2) is 0 Å². The molecule has 1 N–H and O–H groups in total. The lowest BCUT2D eigenvalue weighted by molar-refractivity contribution is -0.384. The minimum absolute atomic E-state index is 0.0137. The summed E-state index contributed by atoms with van der Waals surface area (Å²) in [6.45, 7) is 4.04. The Kier molecular flexibility index (Phi) is 5.89. The van der Waals surface area contributed by atoms with Crippen LogP contribution < -0.4 is 5.32 Å². The number of carbonyl (C=O) groups is 1. The number of amides is 1. The molecule has 2 aromatic carbocycles. The van der Waals surface area contributed by atoms with E-state index in [2.05, 4.69) is 12.2 Å². The zero-order valence-electron chi connectivity index (χ0n) is 15.9. The number of para-hydroxylation sites is 1. The number of nitro benzene ring substituents is 1. The van der Waals surface area contributed by atoms with Crippen LogP contribution in [0.1, 0.15) is 30.2 Å². The summed E-state index contributed by atoms with van der Waals surface area (Å²) in [6.07, 6.45) is 1.59. The third-order valence-corrected chi connectivity index (χ3v) is 4.61. The smallest absolute Gasteiger partial charge is 0.270 e. The van der Waals surface area contributed by atoms with Crippen molar-refractivity contribution >= 4 is 17.3 Å². The molecule has 3 rings (SSSR count). The number of benzene rings is 2. The fraction of sp³-hybridized carbons (Fsp3) is 0.227. The van der Waals surface area contributed by atoms with Gasteiger partial charge in [0.1, 0.15) is 11.5 Å². The van der Waals surface area contributed by atoms with Gasteiger partial charge in [-0.25, -0.2) is 0 Å². The fourth-order valence-electron chi connectivity index (χ4n) is 3.08. The van der Waals surface area contributed by atoms with Crippen LogP contribution in [0.4, 0.5) is 11.4 Å². The van der Waals surface area contributed by atoms with Gasteiger partial charge in [-0.15, -0.1) is 0 Å². The maximum atomic E-state index is 12.4. The van der Waals surface area contributed by atoms with Crippen LogP contribution >= 0.6 is 0 Å². The largest absolute Gasteiger partial charge is 0.461 e. The first kappa shape index (κ1) is 19.4. The quantitative estimate of drug-likeness (QED) is 0.447. The number of anilines is 1. The summed E-state index contributed by atoms with van der Waals surface area (Å²) in [4.78, 5) is 22.9. The van der Waals surface area contributed by atoms with Gasteiger partial charge in [0.25, 0.3) is 5.69 Å². The van der Waals surface area contributed by atoms with Crippen LogP contribution in [0.15, 0.2) is 59.0 Å². The molecule has 1 heterocycles. The summed E-state index contributed by atoms with van der Waals surface area (Å²) < 4.78 is 5.77. The molecule has 3 aromatic rings. The summed E-state index contributed by atoms with van der Waals surface area (Å²) >= 11 is 0. The third kappa shape index (κ3) is 4.46. The average Bonchev–Trinajstić information content (AvgIpc) is 3.17.